The first-order valence-corrected chi connectivity index (χ1v) is 7.01. The Bertz CT molecular complexity index is 564. The molecule has 0 heterocycles. The van der Waals surface area contributed by atoms with Gasteiger partial charge in [-0.1, -0.05) is 6.92 Å². The van der Waals surface area contributed by atoms with Crippen molar-refractivity contribution in [1.82, 2.24) is 0 Å². The van der Waals surface area contributed by atoms with Crippen molar-refractivity contribution < 1.29 is 19.1 Å². The zero-order chi connectivity index (χ0) is 15.6. The highest BCUT2D eigenvalue weighted by atomic mass is 16.5. The van der Waals surface area contributed by atoms with E-state index in [4.69, 9.17) is 4.74 Å². The summed E-state index contributed by atoms with van der Waals surface area (Å²) in [6, 6.07) is 6.57. The van der Waals surface area contributed by atoms with Crippen LogP contribution < -0.4 is 5.32 Å². The van der Waals surface area contributed by atoms with E-state index in [2.05, 4.69) is 5.32 Å². The Labute approximate surface area is 123 Å². The van der Waals surface area contributed by atoms with Gasteiger partial charge in [0.1, 0.15) is 0 Å². The molecule has 1 N–H and O–H groups in total. The van der Waals surface area contributed by atoms with Gasteiger partial charge in [0.05, 0.1) is 5.92 Å². The topological polar surface area (TPSA) is 72.5 Å². The van der Waals surface area contributed by atoms with Gasteiger partial charge in [-0.3, -0.25) is 14.4 Å². The highest BCUT2D eigenvalue weighted by Crippen LogP contribution is 2.38. The number of nitrogens with one attached hydrogen (secondary N) is 1. The molecule has 112 valence electrons. The lowest BCUT2D eigenvalue weighted by atomic mass is 10.1. The second-order valence-corrected chi connectivity index (χ2v) is 5.52. The first kappa shape index (κ1) is 15.2. The maximum atomic E-state index is 11.9. The Hall–Kier alpha value is -2.17. The van der Waals surface area contributed by atoms with Crippen molar-refractivity contribution in [2.24, 2.45) is 11.8 Å². The van der Waals surface area contributed by atoms with Gasteiger partial charge in [-0.15, -0.1) is 0 Å². The summed E-state index contributed by atoms with van der Waals surface area (Å²) in [6.45, 7) is 5.01. The summed E-state index contributed by atoms with van der Waals surface area (Å²) in [5, 5.41) is 2.66. The largest absolute Gasteiger partial charge is 0.452 e. The summed E-state index contributed by atoms with van der Waals surface area (Å²) in [5.41, 5.74) is 1.14. The normalized spacial score (nSPS) is 21.3. The predicted molar refractivity (Wildman–Crippen MR) is 77.9 cm³/mol. The third-order valence-electron chi connectivity index (χ3n) is 3.63. The molecule has 1 aliphatic rings. The second kappa shape index (κ2) is 6.08. The first-order valence-electron chi connectivity index (χ1n) is 7.01. The van der Waals surface area contributed by atoms with E-state index in [0.717, 1.165) is 6.42 Å². The van der Waals surface area contributed by atoms with Gasteiger partial charge in [0.2, 0.25) is 0 Å². The fourth-order valence-corrected chi connectivity index (χ4v) is 2.00. The number of carbonyl (C=O) groups excluding carboxylic acids is 3. The maximum Gasteiger partial charge on any atom is 0.309 e. The number of ether oxygens (including phenoxy) is 1. The fraction of sp³-hybridized carbons (Fsp3) is 0.438. The third kappa shape index (κ3) is 3.90. The van der Waals surface area contributed by atoms with Gasteiger partial charge < -0.3 is 10.1 Å². The molecule has 1 aliphatic carbocycles. The molecule has 21 heavy (non-hydrogen) atoms. The van der Waals surface area contributed by atoms with E-state index in [1.54, 1.807) is 31.2 Å². The van der Waals surface area contributed by atoms with Crippen molar-refractivity contribution in [2.45, 2.75) is 33.3 Å². The minimum atomic E-state index is -0.835. The van der Waals surface area contributed by atoms with Crippen molar-refractivity contribution in [3.05, 3.63) is 29.8 Å². The summed E-state index contributed by atoms with van der Waals surface area (Å²) in [4.78, 5) is 34.8. The highest BCUT2D eigenvalue weighted by Gasteiger charge is 2.41. The van der Waals surface area contributed by atoms with Crippen LogP contribution in [0, 0.1) is 11.8 Å². The van der Waals surface area contributed by atoms with Crippen molar-refractivity contribution in [3.63, 3.8) is 0 Å². The van der Waals surface area contributed by atoms with E-state index in [9.17, 15) is 14.4 Å². The molecule has 5 nitrogen and oxygen atoms in total. The van der Waals surface area contributed by atoms with Crippen molar-refractivity contribution in [2.75, 3.05) is 5.32 Å². The minimum Gasteiger partial charge on any atom is -0.452 e. The molecule has 1 amide bonds. The quantitative estimate of drug-likeness (QED) is 0.667. The van der Waals surface area contributed by atoms with Crippen molar-refractivity contribution >= 4 is 23.3 Å². The lowest BCUT2D eigenvalue weighted by molar-refractivity contribution is -0.154. The number of ketones is 1. The summed E-state index contributed by atoms with van der Waals surface area (Å²) in [5.74, 6) is -0.431. The average Bonchev–Trinajstić information content (AvgIpc) is 3.16. The molecule has 0 spiro atoms. The molecule has 0 saturated heterocycles. The van der Waals surface area contributed by atoms with Crippen LogP contribution in [-0.4, -0.2) is 23.8 Å². The van der Waals surface area contributed by atoms with Crippen LogP contribution in [0.3, 0.4) is 0 Å². The lowest BCUT2D eigenvalue weighted by Crippen LogP contribution is -2.30. The second-order valence-electron chi connectivity index (χ2n) is 5.52. The van der Waals surface area contributed by atoms with Gasteiger partial charge in [0, 0.05) is 11.3 Å². The summed E-state index contributed by atoms with van der Waals surface area (Å²) in [7, 11) is 0. The molecule has 0 aromatic heterocycles. The van der Waals surface area contributed by atoms with Crippen LogP contribution in [-0.2, 0) is 14.3 Å². The number of esters is 1. The molecule has 1 saturated carbocycles. The first-order chi connectivity index (χ1) is 9.88. The zero-order valence-corrected chi connectivity index (χ0v) is 12.4. The van der Waals surface area contributed by atoms with Crippen molar-refractivity contribution in [3.8, 4) is 0 Å². The summed E-state index contributed by atoms with van der Waals surface area (Å²) >= 11 is 0. The molecule has 2 rings (SSSR count). The Morgan fingerprint density at radius 2 is 1.81 bits per heavy atom. The molecule has 5 heteroatoms. The van der Waals surface area contributed by atoms with E-state index < -0.39 is 6.10 Å². The van der Waals surface area contributed by atoms with Gasteiger partial charge in [-0.25, -0.2) is 0 Å². The molecule has 0 unspecified atom stereocenters. The number of Topliss-reactive ketones (excluding diaryl/α,β-unsaturated/α-hetero) is 1. The van der Waals surface area contributed by atoms with E-state index in [1.165, 1.54) is 6.92 Å². The Morgan fingerprint density at radius 1 is 1.24 bits per heavy atom. The fourth-order valence-electron chi connectivity index (χ4n) is 2.00. The number of hydrogen-bond acceptors (Lipinski definition) is 4. The van der Waals surface area contributed by atoms with Crippen LogP contribution >= 0.6 is 0 Å². The number of carbonyl (C=O) groups is 3. The Balaban J connectivity index is 1.88. The molecule has 3 atom stereocenters. The maximum absolute atomic E-state index is 11.9. The molecule has 0 bridgehead atoms. The lowest BCUT2D eigenvalue weighted by Gasteiger charge is -2.13. The molecule has 0 aliphatic heterocycles. The summed E-state index contributed by atoms with van der Waals surface area (Å²) < 4.78 is 5.14. The monoisotopic (exact) mass is 289 g/mol. The SMILES string of the molecule is CC(=O)c1ccc(NC(=O)[C@H](C)OC(=O)[C@H]2C[C@H]2C)cc1. The number of rotatable bonds is 5. The molecule has 1 fully saturated rings. The number of anilines is 1. The standard InChI is InChI=1S/C16H19NO4/c1-9-8-14(9)16(20)21-11(3)15(19)17-13-6-4-12(5-7-13)10(2)18/h4-7,9,11,14H,8H2,1-3H3,(H,17,19)/t9-,11+,14+/m1/s1. The number of amides is 1. The molecule has 1 aromatic rings. The van der Waals surface area contributed by atoms with Gasteiger partial charge >= 0.3 is 5.97 Å². The Morgan fingerprint density at radius 3 is 2.29 bits per heavy atom. The van der Waals surface area contributed by atoms with E-state index in [1.807, 2.05) is 6.92 Å². The van der Waals surface area contributed by atoms with E-state index in [-0.39, 0.29) is 23.6 Å². The van der Waals surface area contributed by atoms with Gasteiger partial charge in [-0.05, 0) is 50.5 Å². The predicted octanol–water partition coefficient (Wildman–Crippen LogP) is 2.42. The van der Waals surface area contributed by atoms with Gasteiger partial charge in [0.15, 0.2) is 11.9 Å². The smallest absolute Gasteiger partial charge is 0.309 e. The Kier molecular flexibility index (Phi) is 4.40. The number of benzene rings is 1. The van der Waals surface area contributed by atoms with E-state index in [0.29, 0.717) is 17.2 Å². The van der Waals surface area contributed by atoms with Crippen molar-refractivity contribution in [1.29, 1.82) is 0 Å². The average molecular weight is 289 g/mol. The number of hydrogen-bond donors (Lipinski definition) is 1. The van der Waals surface area contributed by atoms with Crippen LogP contribution in [0.2, 0.25) is 0 Å². The molecular formula is C16H19NO4. The van der Waals surface area contributed by atoms with Crippen LogP contribution in [0.5, 0.6) is 0 Å². The molecular weight excluding hydrogens is 270 g/mol. The zero-order valence-electron chi connectivity index (χ0n) is 12.4. The van der Waals surface area contributed by atoms with Crippen LogP contribution in [0.15, 0.2) is 24.3 Å². The van der Waals surface area contributed by atoms with Crippen LogP contribution in [0.25, 0.3) is 0 Å². The minimum absolute atomic E-state index is 0.0336. The molecule has 0 radical (unpaired) electrons. The molecule has 1 aromatic carbocycles. The van der Waals surface area contributed by atoms with Crippen LogP contribution in [0.4, 0.5) is 5.69 Å². The van der Waals surface area contributed by atoms with Gasteiger partial charge in [-0.2, -0.15) is 0 Å². The summed E-state index contributed by atoms with van der Waals surface area (Å²) in [6.07, 6.45) is -0.00237. The van der Waals surface area contributed by atoms with E-state index >= 15 is 0 Å². The van der Waals surface area contributed by atoms with Gasteiger partial charge in [0.25, 0.3) is 5.91 Å². The third-order valence-corrected chi connectivity index (χ3v) is 3.63. The van der Waals surface area contributed by atoms with Crippen LogP contribution in [0.1, 0.15) is 37.6 Å². The highest BCUT2D eigenvalue weighted by molar-refractivity contribution is 5.97.